The average Bonchev–Trinajstić information content (AvgIpc) is 2.48. The lowest BCUT2D eigenvalue weighted by molar-refractivity contribution is -0.141. The minimum atomic E-state index is -0.872. The molecule has 0 radical (unpaired) electrons. The van der Waals surface area contributed by atoms with Gasteiger partial charge in [-0.25, -0.2) is 0 Å². The van der Waals surface area contributed by atoms with Gasteiger partial charge in [0.25, 0.3) is 0 Å². The molecule has 0 aromatic rings. The van der Waals surface area contributed by atoms with E-state index < -0.39 is 5.41 Å². The van der Waals surface area contributed by atoms with Crippen LogP contribution in [0, 0.1) is 5.41 Å². The quantitative estimate of drug-likeness (QED) is 0.343. The minimum Gasteiger partial charge on any atom is -0.409 e. The SMILES string of the molecule is CCN1CCN(C(=O)C(CC)(CC)C(N)=NO)CC1C. The van der Waals surface area contributed by atoms with Gasteiger partial charge in [0.2, 0.25) is 5.91 Å². The van der Waals surface area contributed by atoms with Gasteiger partial charge >= 0.3 is 0 Å². The summed E-state index contributed by atoms with van der Waals surface area (Å²) in [5, 5.41) is 12.1. The molecule has 0 spiro atoms. The Morgan fingerprint density at radius 2 is 1.95 bits per heavy atom. The lowest BCUT2D eigenvalue weighted by Gasteiger charge is -2.43. The van der Waals surface area contributed by atoms with Crippen LogP contribution in [0.3, 0.4) is 0 Å². The van der Waals surface area contributed by atoms with Crippen LogP contribution >= 0.6 is 0 Å². The van der Waals surface area contributed by atoms with Gasteiger partial charge in [-0.15, -0.1) is 0 Å². The lowest BCUT2D eigenvalue weighted by Crippen LogP contribution is -2.58. The van der Waals surface area contributed by atoms with Crippen molar-refractivity contribution in [1.29, 1.82) is 0 Å². The van der Waals surface area contributed by atoms with Gasteiger partial charge in [0.1, 0.15) is 5.41 Å². The number of nitrogens with two attached hydrogens (primary N) is 1. The number of likely N-dealkylation sites (N-methyl/N-ethyl adjacent to an activating group) is 1. The maximum absolute atomic E-state index is 12.9. The van der Waals surface area contributed by atoms with E-state index in [1.807, 2.05) is 18.7 Å². The Kier molecular flexibility index (Phi) is 5.80. The van der Waals surface area contributed by atoms with Crippen molar-refractivity contribution in [2.75, 3.05) is 26.2 Å². The number of hydrogen-bond acceptors (Lipinski definition) is 4. The zero-order chi connectivity index (χ0) is 15.3. The standard InChI is InChI=1S/C14H28N4O2/c1-5-14(6-2,12(15)16-20)13(19)18-9-8-17(7-3)11(4)10-18/h11,20H,5-10H2,1-4H3,(H2,15,16). The molecular weight excluding hydrogens is 256 g/mol. The molecule has 1 fully saturated rings. The van der Waals surface area contributed by atoms with E-state index in [1.54, 1.807) is 0 Å². The number of hydrogen-bond donors (Lipinski definition) is 2. The number of amides is 1. The maximum atomic E-state index is 12.9. The van der Waals surface area contributed by atoms with Gasteiger partial charge in [-0.2, -0.15) is 0 Å². The van der Waals surface area contributed by atoms with Gasteiger partial charge in [-0.3, -0.25) is 9.69 Å². The molecule has 6 nitrogen and oxygen atoms in total. The Hall–Kier alpha value is -1.30. The third-order valence-corrected chi connectivity index (χ3v) is 4.67. The Balaban J connectivity index is 2.92. The third kappa shape index (κ3) is 2.90. The number of piperazine rings is 1. The summed E-state index contributed by atoms with van der Waals surface area (Å²) in [6, 6.07) is 0.344. The highest BCUT2D eigenvalue weighted by Crippen LogP contribution is 2.30. The highest BCUT2D eigenvalue weighted by Gasteiger charge is 2.43. The van der Waals surface area contributed by atoms with Crippen molar-refractivity contribution >= 4 is 11.7 Å². The summed E-state index contributed by atoms with van der Waals surface area (Å²) in [7, 11) is 0. The molecule has 0 aromatic carbocycles. The van der Waals surface area contributed by atoms with Gasteiger partial charge in [0.05, 0.1) is 0 Å². The first-order valence-electron chi connectivity index (χ1n) is 7.48. The van der Waals surface area contributed by atoms with Crippen molar-refractivity contribution in [1.82, 2.24) is 9.80 Å². The molecule has 1 amide bonds. The summed E-state index contributed by atoms with van der Waals surface area (Å²) >= 11 is 0. The van der Waals surface area contributed by atoms with Crippen LogP contribution in [0.5, 0.6) is 0 Å². The molecule has 1 rings (SSSR count). The molecule has 1 atom stereocenters. The Morgan fingerprint density at radius 1 is 1.35 bits per heavy atom. The van der Waals surface area contributed by atoms with Crippen molar-refractivity contribution in [2.24, 2.45) is 16.3 Å². The monoisotopic (exact) mass is 284 g/mol. The van der Waals surface area contributed by atoms with E-state index in [0.717, 1.165) is 13.1 Å². The molecule has 0 saturated carbocycles. The van der Waals surface area contributed by atoms with E-state index in [4.69, 9.17) is 10.9 Å². The number of carbonyl (C=O) groups is 1. The zero-order valence-electron chi connectivity index (χ0n) is 13.1. The largest absolute Gasteiger partial charge is 0.409 e. The average molecular weight is 284 g/mol. The van der Waals surface area contributed by atoms with Gasteiger partial charge in [-0.1, -0.05) is 25.9 Å². The smallest absolute Gasteiger partial charge is 0.236 e. The first-order chi connectivity index (χ1) is 9.46. The molecule has 0 aliphatic carbocycles. The van der Waals surface area contributed by atoms with Crippen LogP contribution < -0.4 is 5.73 Å². The predicted molar refractivity (Wildman–Crippen MR) is 79.7 cm³/mol. The maximum Gasteiger partial charge on any atom is 0.236 e. The molecule has 6 heteroatoms. The summed E-state index contributed by atoms with van der Waals surface area (Å²) in [5.74, 6) is 0.0125. The summed E-state index contributed by atoms with van der Waals surface area (Å²) in [5.41, 5.74) is 4.94. The number of carbonyl (C=O) groups excluding carboxylic acids is 1. The summed E-state index contributed by atoms with van der Waals surface area (Å²) in [6.07, 6.45) is 1.08. The summed E-state index contributed by atoms with van der Waals surface area (Å²) in [6.45, 7) is 11.4. The molecule has 116 valence electrons. The van der Waals surface area contributed by atoms with Crippen molar-refractivity contribution in [2.45, 2.75) is 46.6 Å². The second kappa shape index (κ2) is 6.92. The minimum absolute atomic E-state index is 0.0135. The molecule has 1 aliphatic heterocycles. The Morgan fingerprint density at radius 3 is 2.35 bits per heavy atom. The third-order valence-electron chi connectivity index (χ3n) is 4.67. The molecule has 1 unspecified atom stereocenters. The van der Waals surface area contributed by atoms with E-state index in [1.165, 1.54) is 0 Å². The van der Waals surface area contributed by atoms with Crippen LogP contribution in [-0.4, -0.2) is 59.0 Å². The molecular formula is C14H28N4O2. The zero-order valence-corrected chi connectivity index (χ0v) is 13.1. The van der Waals surface area contributed by atoms with Gasteiger partial charge < -0.3 is 15.8 Å². The molecule has 0 aromatic heterocycles. The van der Waals surface area contributed by atoms with E-state index >= 15 is 0 Å². The van der Waals surface area contributed by atoms with Crippen molar-refractivity contribution in [3.8, 4) is 0 Å². The van der Waals surface area contributed by atoms with Crippen molar-refractivity contribution in [3.05, 3.63) is 0 Å². The van der Waals surface area contributed by atoms with E-state index in [9.17, 15) is 4.79 Å². The lowest BCUT2D eigenvalue weighted by atomic mass is 9.79. The van der Waals surface area contributed by atoms with Gasteiger partial charge in [0, 0.05) is 25.7 Å². The second-order valence-electron chi connectivity index (χ2n) is 5.50. The fourth-order valence-corrected chi connectivity index (χ4v) is 3.07. The van der Waals surface area contributed by atoms with Crippen LogP contribution in [0.1, 0.15) is 40.5 Å². The van der Waals surface area contributed by atoms with Crippen LogP contribution in [-0.2, 0) is 4.79 Å². The van der Waals surface area contributed by atoms with Crippen molar-refractivity contribution < 1.29 is 10.0 Å². The first kappa shape index (κ1) is 16.8. The van der Waals surface area contributed by atoms with Crippen LogP contribution in [0.15, 0.2) is 5.16 Å². The fourth-order valence-electron chi connectivity index (χ4n) is 3.07. The number of nitrogens with zero attached hydrogens (tertiary/aromatic N) is 3. The molecule has 3 N–H and O–H groups in total. The Labute approximate surface area is 121 Å². The van der Waals surface area contributed by atoms with Gasteiger partial charge in [0.15, 0.2) is 5.84 Å². The summed E-state index contributed by atoms with van der Waals surface area (Å²) < 4.78 is 0. The number of oxime groups is 1. The molecule has 0 bridgehead atoms. The normalized spacial score (nSPS) is 22.1. The Bertz CT molecular complexity index is 366. The van der Waals surface area contributed by atoms with Crippen molar-refractivity contribution in [3.63, 3.8) is 0 Å². The highest BCUT2D eigenvalue weighted by molar-refractivity contribution is 6.06. The van der Waals surface area contributed by atoms with E-state index in [2.05, 4.69) is 23.9 Å². The number of amidine groups is 1. The van der Waals surface area contributed by atoms with Crippen LogP contribution in [0.25, 0.3) is 0 Å². The van der Waals surface area contributed by atoms with E-state index in [-0.39, 0.29) is 11.7 Å². The van der Waals surface area contributed by atoms with Gasteiger partial charge in [-0.05, 0) is 26.3 Å². The molecule has 20 heavy (non-hydrogen) atoms. The van der Waals surface area contributed by atoms with Crippen LogP contribution in [0.2, 0.25) is 0 Å². The summed E-state index contributed by atoms with van der Waals surface area (Å²) in [4.78, 5) is 17.1. The van der Waals surface area contributed by atoms with Crippen LogP contribution in [0.4, 0.5) is 0 Å². The molecule has 1 saturated heterocycles. The first-order valence-corrected chi connectivity index (χ1v) is 7.48. The number of rotatable bonds is 5. The highest BCUT2D eigenvalue weighted by atomic mass is 16.4. The predicted octanol–water partition coefficient (Wildman–Crippen LogP) is 1.09. The molecule has 1 aliphatic rings. The molecule has 1 heterocycles. The fraction of sp³-hybridized carbons (Fsp3) is 0.857. The van der Waals surface area contributed by atoms with E-state index in [0.29, 0.717) is 32.0 Å². The second-order valence-corrected chi connectivity index (χ2v) is 5.50. The topological polar surface area (TPSA) is 82.2 Å².